The maximum atomic E-state index is 11.2. The number of rotatable bonds is 3. The standard InChI is InChI=1S/C10H15N3O/c1-8(2)13-10(14)12-7-9-3-5-11-6-4-9/h3-6,8H,7H2,1-2H3,(H2,12,13,14). The molecule has 0 atom stereocenters. The van der Waals surface area contributed by atoms with Crippen LogP contribution in [0.25, 0.3) is 0 Å². The van der Waals surface area contributed by atoms with Crippen molar-refractivity contribution in [2.24, 2.45) is 0 Å². The van der Waals surface area contributed by atoms with Crippen molar-refractivity contribution in [1.82, 2.24) is 15.6 Å². The molecule has 4 heteroatoms. The van der Waals surface area contributed by atoms with Crippen LogP contribution in [-0.4, -0.2) is 17.1 Å². The lowest BCUT2D eigenvalue weighted by atomic mass is 10.3. The Labute approximate surface area is 83.7 Å². The van der Waals surface area contributed by atoms with Crippen molar-refractivity contribution in [3.05, 3.63) is 30.1 Å². The van der Waals surface area contributed by atoms with E-state index < -0.39 is 0 Å². The molecule has 0 aliphatic heterocycles. The number of carbonyl (C=O) groups excluding carboxylic acids is 1. The van der Waals surface area contributed by atoms with Crippen LogP contribution in [0.1, 0.15) is 19.4 Å². The van der Waals surface area contributed by atoms with Crippen LogP contribution in [0.15, 0.2) is 24.5 Å². The quantitative estimate of drug-likeness (QED) is 0.760. The first-order chi connectivity index (χ1) is 6.68. The normalized spacial score (nSPS) is 9.93. The molecule has 0 aromatic carbocycles. The second-order valence-corrected chi connectivity index (χ2v) is 3.34. The summed E-state index contributed by atoms with van der Waals surface area (Å²) >= 11 is 0. The Balaban J connectivity index is 2.31. The third-order valence-corrected chi connectivity index (χ3v) is 1.62. The van der Waals surface area contributed by atoms with Gasteiger partial charge in [0.25, 0.3) is 0 Å². The predicted molar refractivity (Wildman–Crippen MR) is 54.7 cm³/mol. The first kappa shape index (κ1) is 10.5. The topological polar surface area (TPSA) is 54.0 Å². The average molecular weight is 193 g/mol. The predicted octanol–water partition coefficient (Wildman–Crippen LogP) is 1.29. The zero-order chi connectivity index (χ0) is 10.4. The number of aromatic nitrogens is 1. The zero-order valence-electron chi connectivity index (χ0n) is 8.45. The van der Waals surface area contributed by atoms with Gasteiger partial charge in [-0.2, -0.15) is 0 Å². The smallest absolute Gasteiger partial charge is 0.315 e. The number of hydrogen-bond acceptors (Lipinski definition) is 2. The number of pyridine rings is 1. The number of urea groups is 1. The van der Waals surface area contributed by atoms with E-state index in [-0.39, 0.29) is 12.1 Å². The Morgan fingerprint density at radius 1 is 1.43 bits per heavy atom. The van der Waals surface area contributed by atoms with Gasteiger partial charge in [0.05, 0.1) is 0 Å². The summed E-state index contributed by atoms with van der Waals surface area (Å²) in [7, 11) is 0. The lowest BCUT2D eigenvalue weighted by molar-refractivity contribution is 0.238. The molecule has 1 aromatic rings. The molecule has 1 heterocycles. The number of nitrogens with one attached hydrogen (secondary N) is 2. The van der Waals surface area contributed by atoms with Gasteiger partial charge in [-0.3, -0.25) is 4.98 Å². The zero-order valence-corrected chi connectivity index (χ0v) is 8.45. The van der Waals surface area contributed by atoms with Crippen LogP contribution in [0.2, 0.25) is 0 Å². The molecule has 0 unspecified atom stereocenters. The largest absolute Gasteiger partial charge is 0.336 e. The van der Waals surface area contributed by atoms with Crippen molar-refractivity contribution in [2.45, 2.75) is 26.4 Å². The minimum Gasteiger partial charge on any atom is -0.336 e. The fraction of sp³-hybridized carbons (Fsp3) is 0.400. The van der Waals surface area contributed by atoms with Gasteiger partial charge in [0.1, 0.15) is 0 Å². The summed E-state index contributed by atoms with van der Waals surface area (Å²) in [5.74, 6) is 0. The molecule has 0 radical (unpaired) electrons. The minimum atomic E-state index is -0.142. The van der Waals surface area contributed by atoms with Gasteiger partial charge in [0, 0.05) is 25.0 Å². The Morgan fingerprint density at radius 2 is 2.07 bits per heavy atom. The summed E-state index contributed by atoms with van der Waals surface area (Å²) < 4.78 is 0. The molecule has 0 saturated heterocycles. The third kappa shape index (κ3) is 3.89. The monoisotopic (exact) mass is 193 g/mol. The van der Waals surface area contributed by atoms with E-state index >= 15 is 0 Å². The fourth-order valence-corrected chi connectivity index (χ4v) is 0.996. The van der Waals surface area contributed by atoms with Crippen molar-refractivity contribution in [2.75, 3.05) is 0 Å². The van der Waals surface area contributed by atoms with E-state index in [9.17, 15) is 4.79 Å². The Bertz CT molecular complexity index is 285. The van der Waals surface area contributed by atoms with E-state index in [2.05, 4.69) is 15.6 Å². The molecule has 0 bridgehead atoms. The van der Waals surface area contributed by atoms with Crippen molar-refractivity contribution < 1.29 is 4.79 Å². The Hall–Kier alpha value is -1.58. The molecule has 76 valence electrons. The van der Waals surface area contributed by atoms with Crippen LogP contribution < -0.4 is 10.6 Å². The van der Waals surface area contributed by atoms with E-state index in [0.29, 0.717) is 6.54 Å². The number of carbonyl (C=O) groups is 1. The van der Waals surface area contributed by atoms with E-state index in [1.807, 2.05) is 26.0 Å². The molecule has 14 heavy (non-hydrogen) atoms. The molecule has 2 N–H and O–H groups in total. The first-order valence-electron chi connectivity index (χ1n) is 4.62. The molecule has 4 nitrogen and oxygen atoms in total. The summed E-state index contributed by atoms with van der Waals surface area (Å²) in [4.78, 5) is 15.1. The maximum absolute atomic E-state index is 11.2. The Morgan fingerprint density at radius 3 is 2.64 bits per heavy atom. The van der Waals surface area contributed by atoms with Gasteiger partial charge < -0.3 is 10.6 Å². The van der Waals surface area contributed by atoms with Gasteiger partial charge in [-0.25, -0.2) is 4.79 Å². The summed E-state index contributed by atoms with van der Waals surface area (Å²) in [6.07, 6.45) is 3.41. The molecule has 0 saturated carbocycles. The highest BCUT2D eigenvalue weighted by Crippen LogP contribution is 1.94. The second kappa shape index (κ2) is 5.21. The van der Waals surface area contributed by atoms with Gasteiger partial charge in [-0.15, -0.1) is 0 Å². The molecule has 0 aliphatic carbocycles. The van der Waals surface area contributed by atoms with E-state index in [4.69, 9.17) is 0 Å². The van der Waals surface area contributed by atoms with Gasteiger partial charge in [0.2, 0.25) is 0 Å². The summed E-state index contributed by atoms with van der Waals surface area (Å²) in [6.45, 7) is 4.37. The van der Waals surface area contributed by atoms with Gasteiger partial charge in [0.15, 0.2) is 0 Å². The second-order valence-electron chi connectivity index (χ2n) is 3.34. The summed E-state index contributed by atoms with van der Waals surface area (Å²) in [5.41, 5.74) is 1.04. The van der Waals surface area contributed by atoms with Crippen LogP contribution in [0, 0.1) is 0 Å². The van der Waals surface area contributed by atoms with Gasteiger partial charge >= 0.3 is 6.03 Å². The van der Waals surface area contributed by atoms with E-state index in [1.165, 1.54) is 0 Å². The Kier molecular flexibility index (Phi) is 3.91. The van der Waals surface area contributed by atoms with Crippen molar-refractivity contribution in [3.8, 4) is 0 Å². The first-order valence-corrected chi connectivity index (χ1v) is 4.62. The molecule has 0 spiro atoms. The van der Waals surface area contributed by atoms with Gasteiger partial charge in [-0.05, 0) is 31.5 Å². The molecule has 1 aromatic heterocycles. The third-order valence-electron chi connectivity index (χ3n) is 1.62. The molecular formula is C10H15N3O. The highest BCUT2D eigenvalue weighted by molar-refractivity contribution is 5.74. The summed E-state index contributed by atoms with van der Waals surface area (Å²) in [5, 5.41) is 5.50. The van der Waals surface area contributed by atoms with E-state index in [1.54, 1.807) is 12.4 Å². The van der Waals surface area contributed by atoms with Gasteiger partial charge in [-0.1, -0.05) is 0 Å². The van der Waals surface area contributed by atoms with Crippen molar-refractivity contribution in [1.29, 1.82) is 0 Å². The van der Waals surface area contributed by atoms with Crippen LogP contribution in [0.3, 0.4) is 0 Å². The SMILES string of the molecule is CC(C)NC(=O)NCc1ccncc1. The van der Waals surface area contributed by atoms with Crippen LogP contribution in [0.4, 0.5) is 4.79 Å². The average Bonchev–Trinajstić information content (AvgIpc) is 2.15. The lowest BCUT2D eigenvalue weighted by Gasteiger charge is -2.09. The molecule has 0 fully saturated rings. The number of amides is 2. The highest BCUT2D eigenvalue weighted by Gasteiger charge is 2.00. The number of hydrogen-bond donors (Lipinski definition) is 2. The van der Waals surface area contributed by atoms with Crippen LogP contribution in [-0.2, 0) is 6.54 Å². The highest BCUT2D eigenvalue weighted by atomic mass is 16.2. The summed E-state index contributed by atoms with van der Waals surface area (Å²) in [6, 6.07) is 3.76. The lowest BCUT2D eigenvalue weighted by Crippen LogP contribution is -2.39. The van der Waals surface area contributed by atoms with Crippen molar-refractivity contribution >= 4 is 6.03 Å². The van der Waals surface area contributed by atoms with Crippen LogP contribution in [0.5, 0.6) is 0 Å². The molecule has 1 rings (SSSR count). The van der Waals surface area contributed by atoms with Crippen molar-refractivity contribution in [3.63, 3.8) is 0 Å². The fourth-order valence-electron chi connectivity index (χ4n) is 0.996. The molecule has 0 aliphatic rings. The molecular weight excluding hydrogens is 178 g/mol. The minimum absolute atomic E-state index is 0.142. The number of nitrogens with zero attached hydrogens (tertiary/aromatic N) is 1. The van der Waals surface area contributed by atoms with E-state index in [0.717, 1.165) is 5.56 Å². The maximum Gasteiger partial charge on any atom is 0.315 e. The van der Waals surface area contributed by atoms with Crippen LogP contribution >= 0.6 is 0 Å². The molecule has 2 amide bonds.